The topological polar surface area (TPSA) is 53.4 Å². The van der Waals surface area contributed by atoms with Crippen LogP contribution in [0, 0.1) is 0 Å². The zero-order valence-corrected chi connectivity index (χ0v) is 13.2. The molecule has 1 aromatic carbocycles. The van der Waals surface area contributed by atoms with Gasteiger partial charge in [-0.1, -0.05) is 29.5 Å². The van der Waals surface area contributed by atoms with Gasteiger partial charge in [0, 0.05) is 25.1 Å². The number of anilines is 1. The second-order valence-corrected chi connectivity index (χ2v) is 6.13. The van der Waals surface area contributed by atoms with E-state index >= 15 is 0 Å². The van der Waals surface area contributed by atoms with Crippen molar-refractivity contribution in [2.24, 2.45) is 4.99 Å². The lowest BCUT2D eigenvalue weighted by atomic mass is 10.3. The van der Waals surface area contributed by atoms with Crippen molar-refractivity contribution in [3.63, 3.8) is 0 Å². The summed E-state index contributed by atoms with van der Waals surface area (Å²) in [6.07, 6.45) is 7.59. The minimum atomic E-state index is 0.589. The van der Waals surface area contributed by atoms with Gasteiger partial charge >= 0.3 is 0 Å². The highest BCUT2D eigenvalue weighted by molar-refractivity contribution is 7.22. The minimum Gasteiger partial charge on any atom is -0.333 e. The molecule has 0 fully saturated rings. The average Bonchev–Trinajstić information content (AvgIpc) is 3.05. The molecule has 3 heterocycles. The van der Waals surface area contributed by atoms with E-state index in [9.17, 15) is 0 Å². The Balaban J connectivity index is 1.64. The molecule has 0 aliphatic carbocycles. The molecular formula is C17H15N5S. The molecular weight excluding hydrogens is 306 g/mol. The van der Waals surface area contributed by atoms with Gasteiger partial charge in [0.15, 0.2) is 5.13 Å². The van der Waals surface area contributed by atoms with Crippen molar-refractivity contribution in [2.45, 2.75) is 6.54 Å². The van der Waals surface area contributed by atoms with Gasteiger partial charge in [0.1, 0.15) is 0 Å². The quantitative estimate of drug-likeness (QED) is 0.805. The lowest BCUT2D eigenvalue weighted by Crippen LogP contribution is -2.42. The second-order valence-electron chi connectivity index (χ2n) is 5.12. The molecule has 23 heavy (non-hydrogen) atoms. The van der Waals surface area contributed by atoms with Gasteiger partial charge in [-0.2, -0.15) is 0 Å². The third kappa shape index (κ3) is 2.93. The zero-order chi connectivity index (χ0) is 15.5. The van der Waals surface area contributed by atoms with Gasteiger partial charge < -0.3 is 5.32 Å². The van der Waals surface area contributed by atoms with Gasteiger partial charge in [-0.15, -0.1) is 0 Å². The van der Waals surface area contributed by atoms with Crippen molar-refractivity contribution in [2.75, 3.05) is 11.4 Å². The molecule has 0 spiro atoms. The lowest BCUT2D eigenvalue weighted by Gasteiger charge is -2.25. The standard InChI is InChI=1S/C17H15N5S/c1-2-7-15-14(6-1)21-17(23-15)22-10-4-9-19-16(22)20-12-13-5-3-8-18-11-13/h1-9,11H,10,12H2,(H,19,20). The average molecular weight is 321 g/mol. The molecule has 1 aliphatic rings. The number of guanidine groups is 1. The summed E-state index contributed by atoms with van der Waals surface area (Å²) in [4.78, 5) is 15.6. The van der Waals surface area contributed by atoms with E-state index in [0.29, 0.717) is 6.54 Å². The molecule has 2 aromatic heterocycles. The van der Waals surface area contributed by atoms with E-state index < -0.39 is 0 Å². The summed E-state index contributed by atoms with van der Waals surface area (Å²) in [5.74, 6) is 0.815. The predicted octanol–water partition coefficient (Wildman–Crippen LogP) is 3.17. The van der Waals surface area contributed by atoms with Crippen molar-refractivity contribution >= 4 is 32.6 Å². The van der Waals surface area contributed by atoms with E-state index in [1.807, 2.05) is 42.7 Å². The molecule has 114 valence electrons. The van der Waals surface area contributed by atoms with Crippen LogP contribution in [0.3, 0.4) is 0 Å². The number of pyridine rings is 1. The van der Waals surface area contributed by atoms with Gasteiger partial charge in [-0.25, -0.2) is 9.98 Å². The highest BCUT2D eigenvalue weighted by atomic mass is 32.1. The number of aromatic nitrogens is 2. The number of nitrogens with one attached hydrogen (secondary N) is 1. The van der Waals surface area contributed by atoms with Crippen LogP contribution < -0.4 is 10.2 Å². The van der Waals surface area contributed by atoms with Gasteiger partial charge in [0.2, 0.25) is 5.96 Å². The molecule has 4 rings (SSSR count). The van der Waals surface area contributed by atoms with Crippen molar-refractivity contribution in [1.29, 1.82) is 0 Å². The Labute approximate surface area is 138 Å². The third-order valence-corrected chi connectivity index (χ3v) is 4.58. The van der Waals surface area contributed by atoms with Crippen LogP contribution in [0.4, 0.5) is 5.13 Å². The summed E-state index contributed by atoms with van der Waals surface area (Å²) in [5, 5.41) is 4.18. The predicted molar refractivity (Wildman–Crippen MR) is 94.6 cm³/mol. The maximum Gasteiger partial charge on any atom is 0.205 e. The first-order chi connectivity index (χ1) is 11.4. The van der Waals surface area contributed by atoms with Crippen LogP contribution in [-0.4, -0.2) is 22.5 Å². The first-order valence-electron chi connectivity index (χ1n) is 7.38. The van der Waals surface area contributed by atoms with Crippen LogP contribution >= 0.6 is 11.3 Å². The minimum absolute atomic E-state index is 0.589. The normalized spacial score (nSPS) is 16.0. The molecule has 1 N–H and O–H groups in total. The molecule has 0 bridgehead atoms. The molecule has 0 saturated heterocycles. The van der Waals surface area contributed by atoms with Gasteiger partial charge in [-0.3, -0.25) is 9.88 Å². The Hall–Kier alpha value is -2.73. The third-order valence-electron chi connectivity index (χ3n) is 3.52. The molecule has 1 aliphatic heterocycles. The Morgan fingerprint density at radius 3 is 3.04 bits per heavy atom. The van der Waals surface area contributed by atoms with E-state index in [2.05, 4.69) is 32.3 Å². The van der Waals surface area contributed by atoms with Crippen molar-refractivity contribution in [3.05, 3.63) is 66.6 Å². The fourth-order valence-electron chi connectivity index (χ4n) is 2.39. The molecule has 5 nitrogen and oxygen atoms in total. The van der Waals surface area contributed by atoms with Crippen LogP contribution in [0.2, 0.25) is 0 Å². The molecule has 6 heteroatoms. The zero-order valence-electron chi connectivity index (χ0n) is 12.4. The van der Waals surface area contributed by atoms with E-state index in [4.69, 9.17) is 4.98 Å². The summed E-state index contributed by atoms with van der Waals surface area (Å²) in [7, 11) is 0. The van der Waals surface area contributed by atoms with E-state index in [0.717, 1.165) is 28.7 Å². The Bertz CT molecular complexity index is 836. The van der Waals surface area contributed by atoms with Gasteiger partial charge in [-0.05, 0) is 29.8 Å². The van der Waals surface area contributed by atoms with E-state index in [1.165, 1.54) is 4.70 Å². The highest BCUT2D eigenvalue weighted by Crippen LogP contribution is 2.29. The number of fused-ring (bicyclic) bond motifs is 1. The van der Waals surface area contributed by atoms with Gasteiger partial charge in [0.05, 0.1) is 16.8 Å². The van der Waals surface area contributed by atoms with Crippen molar-refractivity contribution < 1.29 is 0 Å². The summed E-state index contributed by atoms with van der Waals surface area (Å²) in [6.45, 7) is 1.35. The number of hydrogen-bond donors (Lipinski definition) is 1. The smallest absolute Gasteiger partial charge is 0.205 e. The number of nitrogens with zero attached hydrogens (tertiary/aromatic N) is 4. The number of para-hydroxylation sites is 1. The van der Waals surface area contributed by atoms with E-state index in [1.54, 1.807) is 17.5 Å². The maximum atomic E-state index is 4.72. The summed E-state index contributed by atoms with van der Waals surface area (Å²) in [6, 6.07) is 12.1. The van der Waals surface area contributed by atoms with Crippen molar-refractivity contribution in [1.82, 2.24) is 15.3 Å². The maximum absolute atomic E-state index is 4.72. The van der Waals surface area contributed by atoms with Crippen LogP contribution in [0.25, 0.3) is 10.2 Å². The molecule has 0 unspecified atom stereocenters. The Kier molecular flexibility index (Phi) is 3.73. The van der Waals surface area contributed by atoms with Crippen LogP contribution in [-0.2, 0) is 6.54 Å². The molecule has 0 atom stereocenters. The highest BCUT2D eigenvalue weighted by Gasteiger charge is 2.18. The first kappa shape index (κ1) is 13.9. The van der Waals surface area contributed by atoms with Crippen LogP contribution in [0.15, 0.2) is 66.1 Å². The number of benzene rings is 1. The Morgan fingerprint density at radius 1 is 1.22 bits per heavy atom. The number of hydrogen-bond acceptors (Lipinski definition) is 4. The van der Waals surface area contributed by atoms with Crippen LogP contribution in [0.1, 0.15) is 5.56 Å². The Morgan fingerprint density at radius 2 is 2.17 bits per heavy atom. The summed E-state index contributed by atoms with van der Waals surface area (Å²) in [5.41, 5.74) is 2.11. The second kappa shape index (κ2) is 6.18. The largest absolute Gasteiger partial charge is 0.333 e. The molecule has 3 aromatic rings. The fraction of sp³-hybridized carbons (Fsp3) is 0.118. The first-order valence-corrected chi connectivity index (χ1v) is 8.20. The van der Waals surface area contributed by atoms with Crippen molar-refractivity contribution in [3.8, 4) is 0 Å². The van der Waals surface area contributed by atoms with Gasteiger partial charge in [0.25, 0.3) is 0 Å². The van der Waals surface area contributed by atoms with E-state index in [-0.39, 0.29) is 0 Å². The monoisotopic (exact) mass is 321 g/mol. The number of aliphatic imine (C=N–C) groups is 1. The van der Waals surface area contributed by atoms with Crippen LogP contribution in [0.5, 0.6) is 0 Å². The summed E-state index contributed by atoms with van der Waals surface area (Å²) < 4.78 is 1.18. The lowest BCUT2D eigenvalue weighted by molar-refractivity contribution is 0.950. The number of rotatable bonds is 3. The molecule has 0 saturated carbocycles. The summed E-state index contributed by atoms with van der Waals surface area (Å²) >= 11 is 1.68. The molecule has 0 radical (unpaired) electrons. The number of thiazole rings is 1. The fourth-order valence-corrected chi connectivity index (χ4v) is 3.37. The molecule has 0 amide bonds. The SMILES string of the molecule is C1=CNC(=NCc2cccnc2)N(c2nc3ccccc3s2)C1.